The molecule has 0 aliphatic carbocycles. The zero-order valence-electron chi connectivity index (χ0n) is 17.3. The lowest BCUT2D eigenvalue weighted by atomic mass is 10.2. The van der Waals surface area contributed by atoms with Gasteiger partial charge in [-0.25, -0.2) is 4.99 Å². The van der Waals surface area contributed by atoms with E-state index in [0.29, 0.717) is 18.0 Å². The maximum absolute atomic E-state index is 11.7. The van der Waals surface area contributed by atoms with E-state index in [1.807, 2.05) is 37.4 Å². The lowest BCUT2D eigenvalue weighted by Crippen LogP contribution is -2.37. The van der Waals surface area contributed by atoms with E-state index in [9.17, 15) is 4.79 Å². The van der Waals surface area contributed by atoms with E-state index in [1.165, 1.54) is 0 Å². The van der Waals surface area contributed by atoms with Gasteiger partial charge in [-0.1, -0.05) is 12.1 Å². The highest BCUT2D eigenvalue weighted by Crippen LogP contribution is 2.27. The first-order valence-corrected chi connectivity index (χ1v) is 9.56. The van der Waals surface area contributed by atoms with Gasteiger partial charge in [0.2, 0.25) is 5.56 Å². The molecule has 2 N–H and O–H groups in total. The minimum atomic E-state index is 0. The molecular formula is C21H31IN4O3. The van der Waals surface area contributed by atoms with Crippen LogP contribution in [0.1, 0.15) is 25.3 Å². The van der Waals surface area contributed by atoms with Gasteiger partial charge in [-0.3, -0.25) is 4.79 Å². The molecule has 1 heterocycles. The smallest absolute Gasteiger partial charge is 0.250 e. The highest BCUT2D eigenvalue weighted by atomic mass is 127. The Morgan fingerprint density at radius 1 is 1.07 bits per heavy atom. The molecule has 0 spiro atoms. The summed E-state index contributed by atoms with van der Waals surface area (Å²) in [5, 5.41) is 6.59. The third kappa shape index (κ3) is 8.35. The van der Waals surface area contributed by atoms with Gasteiger partial charge in [-0.2, -0.15) is 0 Å². The maximum Gasteiger partial charge on any atom is 0.250 e. The number of aliphatic imine (C=N–C) groups is 1. The minimum Gasteiger partial charge on any atom is -0.493 e. The van der Waals surface area contributed by atoms with Crippen LogP contribution in [-0.4, -0.2) is 37.8 Å². The lowest BCUT2D eigenvalue weighted by Gasteiger charge is -2.12. The third-order valence-corrected chi connectivity index (χ3v) is 4.23. The Balaban J connectivity index is 0.00000420. The van der Waals surface area contributed by atoms with Gasteiger partial charge in [0, 0.05) is 31.9 Å². The van der Waals surface area contributed by atoms with Gasteiger partial charge in [-0.15, -0.1) is 24.0 Å². The van der Waals surface area contributed by atoms with Crippen molar-refractivity contribution in [2.24, 2.45) is 4.99 Å². The number of aryl methyl sites for hydroxylation is 1. The predicted molar refractivity (Wildman–Crippen MR) is 128 cm³/mol. The number of benzene rings is 1. The van der Waals surface area contributed by atoms with Crippen LogP contribution in [0.5, 0.6) is 11.5 Å². The molecule has 7 nitrogen and oxygen atoms in total. The van der Waals surface area contributed by atoms with Crippen LogP contribution >= 0.6 is 24.0 Å². The quantitative estimate of drug-likeness (QED) is 0.221. The highest BCUT2D eigenvalue weighted by molar-refractivity contribution is 14.0. The molecule has 0 saturated heterocycles. The van der Waals surface area contributed by atoms with E-state index in [0.717, 1.165) is 44.0 Å². The average Bonchev–Trinajstić information content (AvgIpc) is 2.72. The molecule has 2 rings (SSSR count). The second-order valence-electron chi connectivity index (χ2n) is 6.25. The molecule has 0 aliphatic rings. The number of ether oxygens (including phenoxy) is 2. The first-order valence-electron chi connectivity index (χ1n) is 9.56. The Labute approximate surface area is 189 Å². The molecule has 29 heavy (non-hydrogen) atoms. The van der Waals surface area contributed by atoms with E-state index in [-0.39, 0.29) is 29.5 Å². The van der Waals surface area contributed by atoms with Crippen LogP contribution in [0, 0.1) is 0 Å². The molecule has 8 heteroatoms. The van der Waals surface area contributed by atoms with Gasteiger partial charge < -0.3 is 24.7 Å². The number of rotatable bonds is 10. The van der Waals surface area contributed by atoms with Gasteiger partial charge >= 0.3 is 0 Å². The molecule has 0 fully saturated rings. The molecule has 0 radical (unpaired) electrons. The number of nitrogens with zero attached hydrogens (tertiary/aromatic N) is 2. The summed E-state index contributed by atoms with van der Waals surface area (Å²) in [5.74, 6) is 2.18. The molecule has 0 aliphatic heterocycles. The fraction of sp³-hybridized carbons (Fsp3) is 0.429. The van der Waals surface area contributed by atoms with Crippen molar-refractivity contribution in [2.45, 2.75) is 32.9 Å². The van der Waals surface area contributed by atoms with Gasteiger partial charge in [0.05, 0.1) is 20.8 Å². The molecule has 0 atom stereocenters. The van der Waals surface area contributed by atoms with Gasteiger partial charge in [-0.05, 0) is 43.5 Å². The zero-order chi connectivity index (χ0) is 20.2. The molecule has 2 aromatic rings. The SMILES string of the molecule is CCNC(=NCc1ccc(OC)c(OC)c1)NCCCCn1ccccc1=O.I. The second-order valence-corrected chi connectivity index (χ2v) is 6.25. The number of methoxy groups -OCH3 is 2. The summed E-state index contributed by atoms with van der Waals surface area (Å²) in [7, 11) is 3.25. The number of guanidine groups is 1. The molecule has 1 aromatic carbocycles. The average molecular weight is 514 g/mol. The van der Waals surface area contributed by atoms with Gasteiger partial charge in [0.1, 0.15) is 0 Å². The molecule has 160 valence electrons. The van der Waals surface area contributed by atoms with Crippen LogP contribution in [0.3, 0.4) is 0 Å². The van der Waals surface area contributed by atoms with Crippen molar-refractivity contribution < 1.29 is 9.47 Å². The number of halogens is 1. The van der Waals surface area contributed by atoms with Gasteiger partial charge in [0.25, 0.3) is 0 Å². The molecule has 0 saturated carbocycles. The monoisotopic (exact) mass is 514 g/mol. The third-order valence-electron chi connectivity index (χ3n) is 4.23. The van der Waals surface area contributed by atoms with Crippen LogP contribution in [0.15, 0.2) is 52.4 Å². The molecular weight excluding hydrogens is 483 g/mol. The minimum absolute atomic E-state index is 0. The maximum atomic E-state index is 11.7. The van der Waals surface area contributed by atoms with Crippen LogP contribution in [0.2, 0.25) is 0 Å². The van der Waals surface area contributed by atoms with E-state index in [4.69, 9.17) is 9.47 Å². The first-order chi connectivity index (χ1) is 13.7. The number of nitrogens with one attached hydrogen (secondary N) is 2. The molecule has 0 amide bonds. The van der Waals surface area contributed by atoms with Crippen LogP contribution < -0.4 is 25.7 Å². The summed E-state index contributed by atoms with van der Waals surface area (Å²) < 4.78 is 12.3. The van der Waals surface area contributed by atoms with Crippen molar-refractivity contribution in [3.8, 4) is 11.5 Å². The summed E-state index contributed by atoms with van der Waals surface area (Å²) in [4.78, 5) is 16.3. The topological polar surface area (TPSA) is 76.9 Å². The molecule has 1 aromatic heterocycles. The van der Waals surface area contributed by atoms with Crippen LogP contribution in [0.4, 0.5) is 0 Å². The van der Waals surface area contributed by atoms with Crippen molar-refractivity contribution in [1.29, 1.82) is 0 Å². The van der Waals surface area contributed by atoms with E-state index in [2.05, 4.69) is 15.6 Å². The second kappa shape index (κ2) is 13.9. The Bertz CT molecular complexity index is 824. The Kier molecular flexibility index (Phi) is 11.9. The zero-order valence-corrected chi connectivity index (χ0v) is 19.6. The number of unbranched alkanes of at least 4 members (excludes halogenated alkanes) is 1. The first kappa shape index (κ1) is 24.8. The van der Waals surface area contributed by atoms with Crippen molar-refractivity contribution >= 4 is 29.9 Å². The molecule has 0 unspecified atom stereocenters. The van der Waals surface area contributed by atoms with Crippen LogP contribution in [-0.2, 0) is 13.1 Å². The van der Waals surface area contributed by atoms with E-state index < -0.39 is 0 Å². The normalized spacial score (nSPS) is 10.8. The summed E-state index contributed by atoms with van der Waals surface area (Å²) >= 11 is 0. The largest absolute Gasteiger partial charge is 0.493 e. The summed E-state index contributed by atoms with van der Waals surface area (Å²) in [6.45, 7) is 4.88. The Hall–Kier alpha value is -2.23. The molecule has 0 bridgehead atoms. The number of hydrogen-bond acceptors (Lipinski definition) is 4. The van der Waals surface area contributed by atoms with Crippen molar-refractivity contribution in [1.82, 2.24) is 15.2 Å². The predicted octanol–water partition coefficient (Wildman–Crippen LogP) is 3.02. The Morgan fingerprint density at radius 2 is 1.86 bits per heavy atom. The lowest BCUT2D eigenvalue weighted by molar-refractivity contribution is 0.354. The standard InChI is InChI=1S/C21H30N4O3.HI/c1-4-22-21(23-12-6-8-14-25-13-7-5-9-20(25)26)24-16-17-10-11-18(27-2)19(15-17)28-3;/h5,7,9-11,13,15H,4,6,8,12,14,16H2,1-3H3,(H2,22,23,24);1H. The van der Waals surface area contributed by atoms with Crippen molar-refractivity contribution in [3.63, 3.8) is 0 Å². The van der Waals surface area contributed by atoms with E-state index >= 15 is 0 Å². The van der Waals surface area contributed by atoms with Crippen LogP contribution in [0.25, 0.3) is 0 Å². The van der Waals surface area contributed by atoms with Crippen molar-refractivity contribution in [2.75, 3.05) is 27.3 Å². The number of aromatic nitrogens is 1. The summed E-state index contributed by atoms with van der Waals surface area (Å²) in [5.41, 5.74) is 1.08. The van der Waals surface area contributed by atoms with Crippen molar-refractivity contribution in [3.05, 3.63) is 58.5 Å². The highest BCUT2D eigenvalue weighted by Gasteiger charge is 2.05. The van der Waals surface area contributed by atoms with Gasteiger partial charge in [0.15, 0.2) is 17.5 Å². The Morgan fingerprint density at radius 3 is 2.55 bits per heavy atom. The van der Waals surface area contributed by atoms with E-state index in [1.54, 1.807) is 30.9 Å². The number of hydrogen-bond donors (Lipinski definition) is 2. The fourth-order valence-corrected chi connectivity index (χ4v) is 2.75. The summed E-state index contributed by atoms with van der Waals surface area (Å²) in [6, 6.07) is 11.0. The number of pyridine rings is 1. The summed E-state index contributed by atoms with van der Waals surface area (Å²) in [6.07, 6.45) is 3.69. The fourth-order valence-electron chi connectivity index (χ4n) is 2.75.